The van der Waals surface area contributed by atoms with Gasteiger partial charge in [-0.1, -0.05) is 6.07 Å². The van der Waals surface area contributed by atoms with Crippen molar-refractivity contribution in [3.05, 3.63) is 54.2 Å². The van der Waals surface area contributed by atoms with Crippen molar-refractivity contribution in [3.8, 4) is 22.8 Å². The van der Waals surface area contributed by atoms with Crippen molar-refractivity contribution in [2.45, 2.75) is 39.8 Å². The van der Waals surface area contributed by atoms with Gasteiger partial charge in [0.2, 0.25) is 5.82 Å². The molecule has 11 heteroatoms. The summed E-state index contributed by atoms with van der Waals surface area (Å²) in [5.74, 6) is 0.327. The smallest absolute Gasteiger partial charge is 0.275 e. The lowest BCUT2D eigenvalue weighted by atomic mass is 10.1. The van der Waals surface area contributed by atoms with Crippen LogP contribution in [0.3, 0.4) is 0 Å². The fourth-order valence-electron chi connectivity index (χ4n) is 3.23. The standard InChI is InChI=1S/C22H25N9O2/c1-13(2)30-10-19(24-12-30)16-8-18(23-9-14(16)3)22(33)26-20-7-5-6-17(25-20)21-27-28-29-31(21)15(4)11-32/h5-10,12-13,15,32H,11H2,1-4H3,(H,25,26,33)/t15-/m1/s1. The minimum absolute atomic E-state index is 0.120. The molecule has 11 nitrogen and oxygen atoms in total. The van der Waals surface area contributed by atoms with Crippen LogP contribution in [0.1, 0.15) is 48.9 Å². The zero-order valence-corrected chi connectivity index (χ0v) is 18.8. The van der Waals surface area contributed by atoms with E-state index in [0.717, 1.165) is 16.8 Å². The second kappa shape index (κ2) is 9.25. The van der Waals surface area contributed by atoms with E-state index in [2.05, 4.69) is 49.6 Å². The van der Waals surface area contributed by atoms with Crippen LogP contribution in [0.4, 0.5) is 5.82 Å². The van der Waals surface area contributed by atoms with Crippen LogP contribution in [0.5, 0.6) is 0 Å². The molecule has 2 N–H and O–H groups in total. The van der Waals surface area contributed by atoms with Crippen LogP contribution in [0, 0.1) is 6.92 Å². The predicted octanol–water partition coefficient (Wildman–Crippen LogP) is 2.69. The highest BCUT2D eigenvalue weighted by Gasteiger charge is 2.17. The number of hydrogen-bond acceptors (Lipinski definition) is 8. The number of carbonyl (C=O) groups excluding carboxylic acids is 1. The van der Waals surface area contributed by atoms with E-state index in [9.17, 15) is 9.90 Å². The number of aromatic nitrogens is 8. The zero-order chi connectivity index (χ0) is 23.5. The number of imidazole rings is 1. The maximum atomic E-state index is 12.9. The van der Waals surface area contributed by atoms with Crippen LogP contribution in [0.2, 0.25) is 0 Å². The van der Waals surface area contributed by atoms with Gasteiger partial charge in [-0.2, -0.15) is 0 Å². The Kier molecular flexibility index (Phi) is 6.22. The Labute approximate surface area is 190 Å². The molecule has 0 saturated carbocycles. The number of carbonyl (C=O) groups is 1. The van der Waals surface area contributed by atoms with Gasteiger partial charge in [0.1, 0.15) is 17.2 Å². The summed E-state index contributed by atoms with van der Waals surface area (Å²) >= 11 is 0. The van der Waals surface area contributed by atoms with Gasteiger partial charge in [-0.05, 0) is 61.9 Å². The second-order valence-electron chi connectivity index (χ2n) is 8.03. The summed E-state index contributed by atoms with van der Waals surface area (Å²) in [6.45, 7) is 7.75. The third kappa shape index (κ3) is 4.62. The number of nitrogens with zero attached hydrogens (tertiary/aromatic N) is 8. The van der Waals surface area contributed by atoms with Gasteiger partial charge in [-0.15, -0.1) is 5.10 Å². The number of rotatable bonds is 7. The minimum Gasteiger partial charge on any atom is -0.394 e. The van der Waals surface area contributed by atoms with E-state index in [-0.39, 0.29) is 24.4 Å². The van der Waals surface area contributed by atoms with Crippen molar-refractivity contribution in [1.82, 2.24) is 39.7 Å². The van der Waals surface area contributed by atoms with Gasteiger partial charge in [0.25, 0.3) is 5.91 Å². The van der Waals surface area contributed by atoms with Crippen molar-refractivity contribution in [3.63, 3.8) is 0 Å². The molecular weight excluding hydrogens is 422 g/mol. The first-order valence-corrected chi connectivity index (χ1v) is 10.6. The molecule has 0 aliphatic heterocycles. The topological polar surface area (TPSA) is 137 Å². The molecule has 0 saturated heterocycles. The Bertz CT molecular complexity index is 1280. The number of aliphatic hydroxyl groups excluding tert-OH is 1. The van der Waals surface area contributed by atoms with Crippen LogP contribution in [0.25, 0.3) is 22.8 Å². The van der Waals surface area contributed by atoms with Gasteiger partial charge in [0, 0.05) is 24.0 Å². The van der Waals surface area contributed by atoms with Gasteiger partial charge in [0.05, 0.1) is 24.7 Å². The van der Waals surface area contributed by atoms with Crippen LogP contribution < -0.4 is 5.32 Å². The normalized spacial score (nSPS) is 12.2. The van der Waals surface area contributed by atoms with E-state index in [1.165, 1.54) is 4.68 Å². The highest BCUT2D eigenvalue weighted by atomic mass is 16.3. The van der Waals surface area contributed by atoms with Gasteiger partial charge in [0.15, 0.2) is 0 Å². The Morgan fingerprint density at radius 2 is 2.00 bits per heavy atom. The Morgan fingerprint density at radius 3 is 2.73 bits per heavy atom. The predicted molar refractivity (Wildman–Crippen MR) is 121 cm³/mol. The third-order valence-electron chi connectivity index (χ3n) is 5.20. The summed E-state index contributed by atoms with van der Waals surface area (Å²) in [5.41, 5.74) is 3.26. The third-order valence-corrected chi connectivity index (χ3v) is 5.20. The quantitative estimate of drug-likeness (QED) is 0.441. The van der Waals surface area contributed by atoms with Crippen LogP contribution in [0.15, 0.2) is 43.0 Å². The van der Waals surface area contributed by atoms with E-state index >= 15 is 0 Å². The molecule has 0 fully saturated rings. The Hall–Kier alpha value is -3.99. The largest absolute Gasteiger partial charge is 0.394 e. The van der Waals surface area contributed by atoms with Crippen LogP contribution in [-0.4, -0.2) is 57.3 Å². The Morgan fingerprint density at radius 1 is 1.18 bits per heavy atom. The molecule has 0 aromatic carbocycles. The number of pyridine rings is 2. The highest BCUT2D eigenvalue weighted by molar-refractivity contribution is 6.03. The lowest BCUT2D eigenvalue weighted by molar-refractivity contribution is 0.102. The number of amides is 1. The number of hydrogen-bond donors (Lipinski definition) is 2. The summed E-state index contributed by atoms with van der Waals surface area (Å²) < 4.78 is 3.49. The number of aliphatic hydroxyl groups is 1. The number of tetrazole rings is 1. The van der Waals surface area contributed by atoms with E-state index < -0.39 is 5.91 Å². The number of anilines is 1. The lowest BCUT2D eigenvalue weighted by Gasteiger charge is -2.11. The van der Waals surface area contributed by atoms with Gasteiger partial charge >= 0.3 is 0 Å². The zero-order valence-electron chi connectivity index (χ0n) is 18.8. The molecule has 4 aromatic rings. The highest BCUT2D eigenvalue weighted by Crippen LogP contribution is 2.24. The summed E-state index contributed by atoms with van der Waals surface area (Å²) in [6, 6.07) is 6.85. The fraction of sp³-hybridized carbons (Fsp3) is 0.318. The fourth-order valence-corrected chi connectivity index (χ4v) is 3.23. The first-order chi connectivity index (χ1) is 15.9. The molecular formula is C22H25N9O2. The Balaban J connectivity index is 1.58. The van der Waals surface area contributed by atoms with Crippen LogP contribution in [-0.2, 0) is 0 Å². The molecule has 4 rings (SSSR count). The molecule has 1 amide bonds. The van der Waals surface area contributed by atoms with Crippen molar-refractivity contribution >= 4 is 11.7 Å². The van der Waals surface area contributed by atoms with Crippen molar-refractivity contribution < 1.29 is 9.90 Å². The van der Waals surface area contributed by atoms with E-state index in [1.54, 1.807) is 43.7 Å². The molecule has 0 spiro atoms. The number of nitrogens with one attached hydrogen (secondary N) is 1. The summed E-state index contributed by atoms with van der Waals surface area (Å²) in [4.78, 5) is 26.1. The molecule has 0 bridgehead atoms. The SMILES string of the molecule is Cc1cnc(C(=O)Nc2cccc(-c3nnnn3[C@H](C)CO)n2)cc1-c1cn(C(C)C)cn1. The van der Waals surface area contributed by atoms with Gasteiger partial charge < -0.3 is 15.0 Å². The van der Waals surface area contributed by atoms with E-state index in [1.807, 2.05) is 17.7 Å². The van der Waals surface area contributed by atoms with Crippen molar-refractivity contribution in [2.24, 2.45) is 0 Å². The van der Waals surface area contributed by atoms with Crippen molar-refractivity contribution in [2.75, 3.05) is 11.9 Å². The summed E-state index contributed by atoms with van der Waals surface area (Å²) in [6.07, 6.45) is 5.39. The van der Waals surface area contributed by atoms with Gasteiger partial charge in [-0.25, -0.2) is 14.6 Å². The van der Waals surface area contributed by atoms with E-state index in [0.29, 0.717) is 17.3 Å². The molecule has 0 aliphatic rings. The second-order valence-corrected chi connectivity index (χ2v) is 8.03. The minimum atomic E-state index is -0.396. The summed E-state index contributed by atoms with van der Waals surface area (Å²) in [7, 11) is 0. The molecule has 1 atom stereocenters. The average Bonchev–Trinajstić information content (AvgIpc) is 3.49. The monoisotopic (exact) mass is 447 g/mol. The molecule has 4 aromatic heterocycles. The molecule has 4 heterocycles. The first kappa shape index (κ1) is 22.2. The maximum Gasteiger partial charge on any atom is 0.275 e. The molecule has 170 valence electrons. The molecule has 0 unspecified atom stereocenters. The molecule has 33 heavy (non-hydrogen) atoms. The van der Waals surface area contributed by atoms with Crippen LogP contribution >= 0.6 is 0 Å². The van der Waals surface area contributed by atoms with Gasteiger partial charge in [-0.3, -0.25) is 9.78 Å². The van der Waals surface area contributed by atoms with Crippen molar-refractivity contribution in [1.29, 1.82) is 0 Å². The molecule has 0 aliphatic carbocycles. The maximum absolute atomic E-state index is 12.9. The summed E-state index contributed by atoms with van der Waals surface area (Å²) in [5, 5.41) is 23.8. The molecule has 0 radical (unpaired) electrons. The number of aryl methyl sites for hydroxylation is 1. The lowest BCUT2D eigenvalue weighted by Crippen LogP contribution is -2.16. The first-order valence-electron chi connectivity index (χ1n) is 10.6. The van der Waals surface area contributed by atoms with E-state index in [4.69, 9.17) is 0 Å². The average molecular weight is 448 g/mol.